The van der Waals surface area contributed by atoms with Crippen molar-refractivity contribution in [2.75, 3.05) is 18.2 Å². The highest BCUT2D eigenvalue weighted by atomic mass is 32.1. The van der Waals surface area contributed by atoms with Crippen molar-refractivity contribution in [2.45, 2.75) is 24.9 Å². The van der Waals surface area contributed by atoms with Crippen molar-refractivity contribution < 1.29 is 18.3 Å². The normalized spacial score (nSPS) is 18.1. The predicted octanol–water partition coefficient (Wildman–Crippen LogP) is 2.76. The third-order valence-electron chi connectivity index (χ3n) is 5.79. The van der Waals surface area contributed by atoms with Crippen LogP contribution < -0.4 is 21.9 Å². The van der Waals surface area contributed by atoms with Crippen LogP contribution in [0.5, 0.6) is 0 Å². The molecule has 0 radical (unpaired) electrons. The van der Waals surface area contributed by atoms with Gasteiger partial charge in [-0.15, -0.1) is 11.3 Å². The van der Waals surface area contributed by atoms with Crippen molar-refractivity contribution in [3.8, 4) is 11.5 Å². The molecule has 0 aromatic carbocycles. The first kappa shape index (κ1) is 24.7. The smallest absolute Gasteiger partial charge is 0.280 e. The number of fused-ring (bicyclic) bond motifs is 1. The number of pyridine rings is 2. The van der Waals surface area contributed by atoms with E-state index in [4.69, 9.17) is 21.3 Å². The number of ether oxygens (including phenoxy) is 1. The van der Waals surface area contributed by atoms with E-state index < -0.39 is 12.3 Å². The number of carbonyl (C=O) groups excluding carboxylic acids is 1. The molecule has 1 aliphatic heterocycles. The van der Waals surface area contributed by atoms with Crippen LogP contribution in [-0.2, 0) is 4.74 Å². The molecule has 4 aromatic heterocycles. The van der Waals surface area contributed by atoms with Crippen LogP contribution >= 0.6 is 11.3 Å². The van der Waals surface area contributed by atoms with Gasteiger partial charge in [0.15, 0.2) is 10.8 Å². The number of hydrazine groups is 1. The SMILES string of the molecule is N/C=C\N(N)c1cc2c(cn1)nc(-c1ccccn1)n2C1COCC(NC(=O)c2ncc(C(F)F)s2)C1. The van der Waals surface area contributed by atoms with E-state index in [1.165, 1.54) is 17.4 Å². The molecule has 37 heavy (non-hydrogen) atoms. The van der Waals surface area contributed by atoms with Crippen LogP contribution in [-0.4, -0.2) is 49.7 Å². The van der Waals surface area contributed by atoms with Crippen LogP contribution in [0.1, 0.15) is 33.6 Å². The number of nitrogens with two attached hydrogens (primary N) is 2. The summed E-state index contributed by atoms with van der Waals surface area (Å²) in [5.41, 5.74) is 7.50. The molecule has 1 aliphatic rings. The molecule has 192 valence electrons. The number of hydrogen-bond acceptors (Lipinski definition) is 10. The summed E-state index contributed by atoms with van der Waals surface area (Å²) in [5, 5.41) is 4.13. The maximum atomic E-state index is 12.9. The molecule has 0 spiro atoms. The number of amides is 1. The maximum absolute atomic E-state index is 12.9. The summed E-state index contributed by atoms with van der Waals surface area (Å²) in [4.78, 5) is 29.9. The van der Waals surface area contributed by atoms with Gasteiger partial charge in [0, 0.05) is 30.9 Å². The van der Waals surface area contributed by atoms with Crippen LogP contribution in [0.3, 0.4) is 0 Å². The molecule has 2 unspecified atom stereocenters. The lowest BCUT2D eigenvalue weighted by atomic mass is 10.0. The molecule has 0 saturated carbocycles. The summed E-state index contributed by atoms with van der Waals surface area (Å²) in [5.74, 6) is 6.56. The summed E-state index contributed by atoms with van der Waals surface area (Å²) in [6.07, 6.45) is 4.91. The number of anilines is 1. The molecular formula is C23H23F2N9O2S. The summed E-state index contributed by atoms with van der Waals surface area (Å²) in [7, 11) is 0. The van der Waals surface area contributed by atoms with Crippen molar-refractivity contribution in [1.82, 2.24) is 29.8 Å². The molecule has 5 rings (SSSR count). The van der Waals surface area contributed by atoms with Gasteiger partial charge in [-0.3, -0.25) is 14.8 Å². The van der Waals surface area contributed by atoms with Crippen molar-refractivity contribution >= 4 is 34.1 Å². The van der Waals surface area contributed by atoms with E-state index in [1.54, 1.807) is 18.5 Å². The van der Waals surface area contributed by atoms with Gasteiger partial charge in [0.1, 0.15) is 17.0 Å². The van der Waals surface area contributed by atoms with Crippen LogP contribution in [0.15, 0.2) is 55.3 Å². The van der Waals surface area contributed by atoms with Crippen molar-refractivity contribution in [2.24, 2.45) is 11.6 Å². The second kappa shape index (κ2) is 10.5. The standard InChI is InChI=1S/C23H23F2N9O2S/c24-20(25)18-10-30-23(37-18)22(35)31-13-7-14(12-36-11-13)34-17-8-19(33(27)6-4-26)29-9-16(17)32-21(34)15-3-1-2-5-28-15/h1-6,8-10,13-14,20H,7,11-12,26-27H2,(H,31,35)/b6-4-. The van der Waals surface area contributed by atoms with Gasteiger partial charge >= 0.3 is 0 Å². The third-order valence-corrected chi connectivity index (χ3v) is 6.79. The van der Waals surface area contributed by atoms with E-state index in [9.17, 15) is 13.6 Å². The quantitative estimate of drug-likeness (QED) is 0.243. The van der Waals surface area contributed by atoms with Gasteiger partial charge in [0.05, 0.1) is 41.9 Å². The minimum atomic E-state index is -2.68. The fourth-order valence-corrected chi connectivity index (χ4v) is 4.85. The zero-order valence-corrected chi connectivity index (χ0v) is 20.2. The molecule has 0 aliphatic carbocycles. The Morgan fingerprint density at radius 3 is 2.86 bits per heavy atom. The molecule has 1 fully saturated rings. The van der Waals surface area contributed by atoms with E-state index in [2.05, 4.69) is 20.3 Å². The van der Waals surface area contributed by atoms with Crippen molar-refractivity contribution in [1.29, 1.82) is 0 Å². The van der Waals surface area contributed by atoms with Gasteiger partial charge < -0.3 is 20.4 Å². The lowest BCUT2D eigenvalue weighted by Crippen LogP contribution is -2.44. The summed E-state index contributed by atoms with van der Waals surface area (Å²) >= 11 is 0.671. The van der Waals surface area contributed by atoms with Crippen LogP contribution in [0.4, 0.5) is 14.6 Å². The molecule has 1 saturated heterocycles. The number of hydrogen-bond donors (Lipinski definition) is 3. The van der Waals surface area contributed by atoms with Gasteiger partial charge in [-0.2, -0.15) is 0 Å². The number of thiazole rings is 1. The Morgan fingerprint density at radius 2 is 2.14 bits per heavy atom. The number of alkyl halides is 2. The number of carbonyl (C=O) groups is 1. The van der Waals surface area contributed by atoms with Gasteiger partial charge in [0.2, 0.25) is 0 Å². The van der Waals surface area contributed by atoms with E-state index in [-0.39, 0.29) is 28.6 Å². The number of rotatable bonds is 7. The van der Waals surface area contributed by atoms with E-state index in [1.807, 2.05) is 22.8 Å². The lowest BCUT2D eigenvalue weighted by molar-refractivity contribution is 0.0351. The third kappa shape index (κ3) is 5.12. The van der Waals surface area contributed by atoms with E-state index >= 15 is 0 Å². The minimum Gasteiger partial charge on any atom is -0.403 e. The highest BCUT2D eigenvalue weighted by Gasteiger charge is 2.30. The number of nitrogens with one attached hydrogen (secondary N) is 1. The summed E-state index contributed by atoms with van der Waals surface area (Å²) < 4.78 is 33.7. The molecule has 0 bridgehead atoms. The van der Waals surface area contributed by atoms with Crippen molar-refractivity contribution in [3.63, 3.8) is 0 Å². The fraction of sp³-hybridized carbons (Fsp3) is 0.261. The molecule has 5 N–H and O–H groups in total. The Bertz CT molecular complexity index is 1430. The highest BCUT2D eigenvalue weighted by Crippen LogP contribution is 2.33. The number of nitrogens with zero attached hydrogens (tertiary/aromatic N) is 6. The van der Waals surface area contributed by atoms with Gasteiger partial charge in [0.25, 0.3) is 12.3 Å². The zero-order valence-electron chi connectivity index (χ0n) is 19.4. The first-order valence-electron chi connectivity index (χ1n) is 11.3. The topological polar surface area (TPSA) is 150 Å². The monoisotopic (exact) mass is 527 g/mol. The van der Waals surface area contributed by atoms with Gasteiger partial charge in [-0.25, -0.2) is 29.6 Å². The molecule has 5 heterocycles. The molecule has 11 nitrogen and oxygen atoms in total. The Hall–Kier alpha value is -4.01. The molecule has 4 aromatic rings. The average molecular weight is 528 g/mol. The predicted molar refractivity (Wildman–Crippen MR) is 134 cm³/mol. The minimum absolute atomic E-state index is 0.0219. The molecule has 2 atom stereocenters. The van der Waals surface area contributed by atoms with Gasteiger partial charge in [-0.05, 0) is 18.6 Å². The molecule has 14 heteroatoms. The Labute approximate surface area is 213 Å². The lowest BCUT2D eigenvalue weighted by Gasteiger charge is -2.31. The summed E-state index contributed by atoms with van der Waals surface area (Å²) in [6, 6.07) is 6.70. The Kier molecular flexibility index (Phi) is 7.03. The number of aromatic nitrogens is 5. The number of halogens is 2. The molecular weight excluding hydrogens is 504 g/mol. The average Bonchev–Trinajstić information content (AvgIpc) is 3.55. The van der Waals surface area contributed by atoms with Gasteiger partial charge in [-0.1, -0.05) is 6.07 Å². The fourth-order valence-electron chi connectivity index (χ4n) is 4.17. The zero-order chi connectivity index (χ0) is 25.9. The molecule has 1 amide bonds. The largest absolute Gasteiger partial charge is 0.403 e. The van der Waals surface area contributed by atoms with Crippen molar-refractivity contribution in [3.05, 3.63) is 65.1 Å². The van der Waals surface area contributed by atoms with Crippen LogP contribution in [0.25, 0.3) is 22.6 Å². The highest BCUT2D eigenvalue weighted by molar-refractivity contribution is 7.13. The van der Waals surface area contributed by atoms with E-state index in [0.29, 0.717) is 47.2 Å². The second-order valence-corrected chi connectivity index (χ2v) is 9.33. The maximum Gasteiger partial charge on any atom is 0.280 e. The number of imidazole rings is 1. The Balaban J connectivity index is 1.47. The van der Waals surface area contributed by atoms with Crippen LogP contribution in [0, 0.1) is 0 Å². The van der Waals surface area contributed by atoms with E-state index in [0.717, 1.165) is 11.7 Å². The second-order valence-electron chi connectivity index (χ2n) is 8.27. The first-order valence-corrected chi connectivity index (χ1v) is 12.1. The first-order chi connectivity index (χ1) is 17.9. The summed E-state index contributed by atoms with van der Waals surface area (Å²) in [6.45, 7) is 0.628. The van der Waals surface area contributed by atoms with Crippen LogP contribution in [0.2, 0.25) is 0 Å². The Morgan fingerprint density at radius 1 is 1.27 bits per heavy atom.